The standard InChI is InChI=1S/C24H29N5O/c1-4-10-20(11-5-1)22(21-12-6-2-7-13-21)29-23(25-26-27-29)24(14-8-3-9-15-24)28-16-18-30-19-17-28/h1-2,4-7,10-13,22H,3,8-9,14-19H2. The predicted octanol–water partition coefficient (Wildman–Crippen LogP) is 3.80. The first-order valence-corrected chi connectivity index (χ1v) is 11.1. The number of tetrazole rings is 1. The highest BCUT2D eigenvalue weighted by molar-refractivity contribution is 5.33. The largest absolute Gasteiger partial charge is 0.379 e. The lowest BCUT2D eigenvalue weighted by molar-refractivity contribution is -0.0462. The average molecular weight is 404 g/mol. The van der Waals surface area contributed by atoms with Crippen LogP contribution in [0.25, 0.3) is 0 Å². The van der Waals surface area contributed by atoms with Crippen LogP contribution >= 0.6 is 0 Å². The zero-order valence-electron chi connectivity index (χ0n) is 17.4. The summed E-state index contributed by atoms with van der Waals surface area (Å²) in [7, 11) is 0. The summed E-state index contributed by atoms with van der Waals surface area (Å²) >= 11 is 0. The zero-order chi connectivity index (χ0) is 20.2. The minimum atomic E-state index is -0.118. The van der Waals surface area contributed by atoms with Gasteiger partial charge in [0, 0.05) is 13.1 Å². The maximum Gasteiger partial charge on any atom is 0.172 e. The number of rotatable bonds is 5. The highest BCUT2D eigenvalue weighted by Crippen LogP contribution is 2.43. The molecule has 3 aromatic rings. The third-order valence-electron chi connectivity index (χ3n) is 6.68. The summed E-state index contributed by atoms with van der Waals surface area (Å²) in [4.78, 5) is 2.59. The molecule has 1 aromatic heterocycles. The number of morpholine rings is 1. The molecule has 0 radical (unpaired) electrons. The third-order valence-corrected chi connectivity index (χ3v) is 6.68. The molecule has 6 nitrogen and oxygen atoms in total. The van der Waals surface area contributed by atoms with E-state index in [1.165, 1.54) is 30.4 Å². The van der Waals surface area contributed by atoms with Gasteiger partial charge in [0.15, 0.2) is 5.82 Å². The Hall–Kier alpha value is -2.57. The van der Waals surface area contributed by atoms with E-state index in [-0.39, 0.29) is 11.6 Å². The van der Waals surface area contributed by atoms with Crippen molar-refractivity contribution in [2.24, 2.45) is 0 Å². The van der Waals surface area contributed by atoms with Crippen LogP contribution in [0.3, 0.4) is 0 Å². The molecule has 1 saturated heterocycles. The first kappa shape index (κ1) is 19.4. The summed E-state index contributed by atoms with van der Waals surface area (Å²) in [6.45, 7) is 3.44. The van der Waals surface area contributed by atoms with E-state index in [2.05, 4.69) is 85.8 Å². The molecular weight excluding hydrogens is 374 g/mol. The average Bonchev–Trinajstić information content (AvgIpc) is 3.32. The zero-order valence-corrected chi connectivity index (χ0v) is 17.4. The summed E-state index contributed by atoms with van der Waals surface area (Å²) in [5.74, 6) is 1.00. The normalized spacial score (nSPS) is 19.8. The lowest BCUT2D eigenvalue weighted by atomic mass is 9.78. The molecule has 0 N–H and O–H groups in total. The van der Waals surface area contributed by atoms with Crippen LogP contribution in [-0.2, 0) is 10.3 Å². The van der Waals surface area contributed by atoms with E-state index >= 15 is 0 Å². The van der Waals surface area contributed by atoms with Gasteiger partial charge in [0.1, 0.15) is 6.04 Å². The van der Waals surface area contributed by atoms with E-state index in [0.717, 1.165) is 45.0 Å². The van der Waals surface area contributed by atoms with Crippen molar-refractivity contribution in [1.82, 2.24) is 25.1 Å². The molecule has 0 spiro atoms. The Labute approximate surface area is 177 Å². The number of benzene rings is 2. The van der Waals surface area contributed by atoms with Gasteiger partial charge >= 0.3 is 0 Å². The predicted molar refractivity (Wildman–Crippen MR) is 115 cm³/mol. The van der Waals surface area contributed by atoms with Crippen LogP contribution in [0.2, 0.25) is 0 Å². The number of ether oxygens (including phenoxy) is 1. The van der Waals surface area contributed by atoms with Gasteiger partial charge in [-0.1, -0.05) is 79.9 Å². The second kappa shape index (κ2) is 8.66. The van der Waals surface area contributed by atoms with Gasteiger partial charge in [0.2, 0.25) is 0 Å². The fourth-order valence-corrected chi connectivity index (χ4v) is 5.23. The van der Waals surface area contributed by atoms with Gasteiger partial charge in [-0.05, 0) is 34.4 Å². The van der Waals surface area contributed by atoms with Crippen LogP contribution in [0.5, 0.6) is 0 Å². The van der Waals surface area contributed by atoms with Crippen LogP contribution in [0, 0.1) is 0 Å². The van der Waals surface area contributed by atoms with Crippen molar-refractivity contribution in [3.8, 4) is 0 Å². The summed E-state index contributed by atoms with van der Waals surface area (Å²) in [5.41, 5.74) is 2.28. The number of aromatic nitrogens is 4. The van der Waals surface area contributed by atoms with Gasteiger partial charge in [-0.3, -0.25) is 4.90 Å². The summed E-state index contributed by atoms with van der Waals surface area (Å²) < 4.78 is 7.76. The van der Waals surface area contributed by atoms with Crippen LogP contribution in [-0.4, -0.2) is 51.4 Å². The molecule has 6 heteroatoms. The topological polar surface area (TPSA) is 56.1 Å². The number of hydrogen-bond donors (Lipinski definition) is 0. The van der Waals surface area contributed by atoms with Crippen molar-refractivity contribution in [3.63, 3.8) is 0 Å². The molecule has 0 atom stereocenters. The summed E-state index contributed by atoms with van der Waals surface area (Å²) in [6.07, 6.45) is 5.92. The number of hydrogen-bond acceptors (Lipinski definition) is 5. The maximum absolute atomic E-state index is 5.67. The van der Waals surface area contributed by atoms with E-state index in [4.69, 9.17) is 4.74 Å². The van der Waals surface area contributed by atoms with Gasteiger partial charge in [-0.2, -0.15) is 0 Å². The Morgan fingerprint density at radius 3 is 2.00 bits per heavy atom. The molecule has 30 heavy (non-hydrogen) atoms. The first-order valence-electron chi connectivity index (χ1n) is 11.1. The van der Waals surface area contributed by atoms with Crippen molar-refractivity contribution >= 4 is 0 Å². The SMILES string of the molecule is c1ccc(C(c2ccccc2)n2nnnc2C2(N3CCOCC3)CCCCC2)cc1. The molecule has 2 fully saturated rings. The lowest BCUT2D eigenvalue weighted by Crippen LogP contribution is -2.53. The Balaban J connectivity index is 1.63. The van der Waals surface area contributed by atoms with E-state index in [1.54, 1.807) is 0 Å². The second-order valence-electron chi connectivity index (χ2n) is 8.36. The highest BCUT2D eigenvalue weighted by Gasteiger charge is 2.45. The molecule has 156 valence electrons. The van der Waals surface area contributed by atoms with Gasteiger partial charge in [0.05, 0.1) is 18.8 Å². The molecule has 0 unspecified atom stereocenters. The van der Waals surface area contributed by atoms with Gasteiger partial charge in [0.25, 0.3) is 0 Å². The molecule has 5 rings (SSSR count). The first-order chi connectivity index (χ1) is 14.9. The van der Waals surface area contributed by atoms with E-state index < -0.39 is 0 Å². The van der Waals surface area contributed by atoms with Crippen molar-refractivity contribution < 1.29 is 4.74 Å². The Bertz CT molecular complexity index is 891. The molecular formula is C24H29N5O. The number of nitrogens with zero attached hydrogens (tertiary/aromatic N) is 5. The molecule has 1 aliphatic carbocycles. The van der Waals surface area contributed by atoms with Crippen molar-refractivity contribution in [2.75, 3.05) is 26.3 Å². The van der Waals surface area contributed by atoms with E-state index in [9.17, 15) is 0 Å². The van der Waals surface area contributed by atoms with Gasteiger partial charge < -0.3 is 4.74 Å². The molecule has 0 amide bonds. The molecule has 1 saturated carbocycles. The van der Waals surface area contributed by atoms with Gasteiger partial charge in [-0.25, -0.2) is 4.68 Å². The Morgan fingerprint density at radius 1 is 0.800 bits per heavy atom. The van der Waals surface area contributed by atoms with Crippen LogP contribution < -0.4 is 0 Å². The van der Waals surface area contributed by atoms with Crippen LogP contribution in [0.15, 0.2) is 60.7 Å². The monoisotopic (exact) mass is 403 g/mol. The maximum atomic E-state index is 5.67. The molecule has 0 bridgehead atoms. The van der Waals surface area contributed by atoms with Crippen LogP contribution in [0.4, 0.5) is 0 Å². The van der Waals surface area contributed by atoms with E-state index in [0.29, 0.717) is 0 Å². The fraction of sp³-hybridized carbons (Fsp3) is 0.458. The molecule has 2 aromatic carbocycles. The second-order valence-corrected chi connectivity index (χ2v) is 8.36. The lowest BCUT2D eigenvalue weighted by Gasteiger charge is -2.47. The quantitative estimate of drug-likeness (QED) is 0.649. The van der Waals surface area contributed by atoms with Crippen molar-refractivity contribution in [3.05, 3.63) is 77.6 Å². The third kappa shape index (κ3) is 3.55. The van der Waals surface area contributed by atoms with Crippen molar-refractivity contribution in [1.29, 1.82) is 0 Å². The molecule has 2 heterocycles. The van der Waals surface area contributed by atoms with E-state index in [1.807, 2.05) is 0 Å². The highest BCUT2D eigenvalue weighted by atomic mass is 16.5. The smallest absolute Gasteiger partial charge is 0.172 e. The Kier molecular flexibility index (Phi) is 5.60. The van der Waals surface area contributed by atoms with Gasteiger partial charge in [-0.15, -0.1) is 5.10 Å². The summed E-state index contributed by atoms with van der Waals surface area (Å²) in [5, 5.41) is 13.5. The van der Waals surface area contributed by atoms with Crippen molar-refractivity contribution in [2.45, 2.75) is 43.7 Å². The Morgan fingerprint density at radius 2 is 1.40 bits per heavy atom. The summed E-state index contributed by atoms with van der Waals surface area (Å²) in [6, 6.07) is 21.1. The fourth-order valence-electron chi connectivity index (χ4n) is 5.23. The van der Waals surface area contributed by atoms with Crippen LogP contribution in [0.1, 0.15) is 55.1 Å². The minimum Gasteiger partial charge on any atom is -0.379 e. The minimum absolute atomic E-state index is 0.0442. The molecule has 1 aliphatic heterocycles. The molecule has 2 aliphatic rings.